The molecule has 5 nitrogen and oxygen atoms in total. The summed E-state index contributed by atoms with van der Waals surface area (Å²) in [5.41, 5.74) is 2.34. The SMILES string of the molecule is CCc1cccc(C)c1Sc1c(I)cnn1S(=O)(=O)CC=CN(C)C. The van der Waals surface area contributed by atoms with Gasteiger partial charge in [0.15, 0.2) is 0 Å². The second-order valence-electron chi connectivity index (χ2n) is 5.79. The zero-order chi connectivity index (χ0) is 18.6. The summed E-state index contributed by atoms with van der Waals surface area (Å²) >= 11 is 3.61. The average Bonchev–Trinajstić information content (AvgIpc) is 2.90. The van der Waals surface area contributed by atoms with Crippen LogP contribution in [0.1, 0.15) is 18.1 Å². The molecule has 136 valence electrons. The highest BCUT2D eigenvalue weighted by molar-refractivity contribution is 14.1. The molecule has 0 unspecified atom stereocenters. The second kappa shape index (κ2) is 8.59. The molecular formula is C17H22IN3O2S2. The molecule has 0 aliphatic rings. The first kappa shape index (κ1) is 20.3. The third kappa shape index (κ3) is 5.01. The summed E-state index contributed by atoms with van der Waals surface area (Å²) in [6, 6.07) is 6.16. The Morgan fingerprint density at radius 3 is 2.72 bits per heavy atom. The minimum absolute atomic E-state index is 0.0924. The highest BCUT2D eigenvalue weighted by atomic mass is 127. The summed E-state index contributed by atoms with van der Waals surface area (Å²) in [7, 11) is 0.154. The van der Waals surface area contributed by atoms with Crippen molar-refractivity contribution in [3.05, 3.63) is 51.4 Å². The summed E-state index contributed by atoms with van der Waals surface area (Å²) in [6.07, 6.45) is 5.85. The van der Waals surface area contributed by atoms with E-state index in [1.165, 1.54) is 17.3 Å². The number of benzene rings is 1. The molecule has 0 aliphatic heterocycles. The van der Waals surface area contributed by atoms with E-state index in [1.54, 1.807) is 23.4 Å². The lowest BCUT2D eigenvalue weighted by molar-refractivity contribution is 0.560. The molecule has 0 fully saturated rings. The molecular weight excluding hydrogens is 469 g/mol. The van der Waals surface area contributed by atoms with E-state index in [1.807, 2.05) is 33.2 Å². The van der Waals surface area contributed by atoms with Crippen molar-refractivity contribution in [3.8, 4) is 0 Å². The van der Waals surface area contributed by atoms with Crippen LogP contribution in [0.15, 0.2) is 46.6 Å². The smallest absolute Gasteiger partial charge is 0.258 e. The van der Waals surface area contributed by atoms with E-state index < -0.39 is 10.0 Å². The predicted octanol–water partition coefficient (Wildman–Crippen LogP) is 3.76. The van der Waals surface area contributed by atoms with E-state index >= 15 is 0 Å². The molecule has 1 aromatic heterocycles. The van der Waals surface area contributed by atoms with Crippen molar-refractivity contribution in [2.75, 3.05) is 19.8 Å². The van der Waals surface area contributed by atoms with E-state index in [-0.39, 0.29) is 5.75 Å². The Labute approximate surface area is 167 Å². The lowest BCUT2D eigenvalue weighted by Gasteiger charge is -2.13. The molecule has 0 saturated heterocycles. The Bertz CT molecular complexity index is 874. The zero-order valence-corrected chi connectivity index (χ0v) is 18.5. The van der Waals surface area contributed by atoms with Gasteiger partial charge in [-0.3, -0.25) is 0 Å². The maximum Gasteiger partial charge on any atom is 0.258 e. The Hall–Kier alpha value is -1.00. The Morgan fingerprint density at radius 1 is 1.36 bits per heavy atom. The van der Waals surface area contributed by atoms with Crippen LogP contribution < -0.4 is 0 Å². The molecule has 0 radical (unpaired) electrons. The van der Waals surface area contributed by atoms with Gasteiger partial charge in [0.1, 0.15) is 5.03 Å². The van der Waals surface area contributed by atoms with Crippen molar-refractivity contribution in [1.29, 1.82) is 0 Å². The van der Waals surface area contributed by atoms with Gasteiger partial charge >= 0.3 is 0 Å². The van der Waals surface area contributed by atoms with Crippen LogP contribution in [0.2, 0.25) is 0 Å². The van der Waals surface area contributed by atoms with E-state index in [9.17, 15) is 8.42 Å². The molecule has 0 spiro atoms. The van der Waals surface area contributed by atoms with Gasteiger partial charge in [-0.2, -0.15) is 5.10 Å². The normalized spacial score (nSPS) is 12.0. The van der Waals surface area contributed by atoms with Crippen LogP contribution in [-0.2, 0) is 16.4 Å². The maximum absolute atomic E-state index is 12.7. The molecule has 0 aliphatic carbocycles. The van der Waals surface area contributed by atoms with Crippen LogP contribution in [0, 0.1) is 10.5 Å². The quantitative estimate of drug-likeness (QED) is 0.553. The first-order chi connectivity index (χ1) is 11.8. The number of aromatic nitrogens is 2. The van der Waals surface area contributed by atoms with Crippen molar-refractivity contribution in [2.45, 2.75) is 30.2 Å². The molecule has 0 amide bonds. The van der Waals surface area contributed by atoms with Crippen molar-refractivity contribution in [1.82, 2.24) is 14.1 Å². The van der Waals surface area contributed by atoms with Gasteiger partial charge in [0.05, 0.1) is 15.5 Å². The molecule has 0 atom stereocenters. The van der Waals surface area contributed by atoms with Gasteiger partial charge in [-0.05, 0) is 53.3 Å². The molecule has 25 heavy (non-hydrogen) atoms. The lowest BCUT2D eigenvalue weighted by atomic mass is 10.1. The first-order valence-electron chi connectivity index (χ1n) is 7.82. The third-order valence-electron chi connectivity index (χ3n) is 3.50. The van der Waals surface area contributed by atoms with Crippen LogP contribution in [0.4, 0.5) is 0 Å². The van der Waals surface area contributed by atoms with Crippen LogP contribution in [0.5, 0.6) is 0 Å². The highest BCUT2D eigenvalue weighted by Crippen LogP contribution is 2.36. The minimum Gasteiger partial charge on any atom is -0.384 e. The zero-order valence-electron chi connectivity index (χ0n) is 14.7. The van der Waals surface area contributed by atoms with E-state index in [0.29, 0.717) is 5.03 Å². The van der Waals surface area contributed by atoms with E-state index in [0.717, 1.165) is 24.5 Å². The van der Waals surface area contributed by atoms with E-state index in [4.69, 9.17) is 0 Å². The fourth-order valence-electron chi connectivity index (χ4n) is 2.27. The van der Waals surface area contributed by atoms with Gasteiger partial charge in [0.25, 0.3) is 10.0 Å². The Morgan fingerprint density at radius 2 is 2.08 bits per heavy atom. The van der Waals surface area contributed by atoms with Gasteiger partial charge in [-0.25, -0.2) is 8.42 Å². The standard InChI is InChI=1S/C17H22IN3O2S2/c1-5-14-9-6-8-13(2)16(14)24-17-15(18)12-19-21(17)25(22,23)11-7-10-20(3)4/h6-10,12H,5,11H2,1-4H3. The van der Waals surface area contributed by atoms with Crippen molar-refractivity contribution in [2.24, 2.45) is 0 Å². The van der Waals surface area contributed by atoms with Gasteiger partial charge in [0.2, 0.25) is 0 Å². The molecule has 1 heterocycles. The van der Waals surface area contributed by atoms with Crippen LogP contribution >= 0.6 is 34.4 Å². The van der Waals surface area contributed by atoms with Crippen LogP contribution in [0.25, 0.3) is 0 Å². The number of hydrogen-bond donors (Lipinski definition) is 0. The lowest BCUT2D eigenvalue weighted by Crippen LogP contribution is -2.18. The summed E-state index contributed by atoms with van der Waals surface area (Å²) < 4.78 is 27.4. The molecule has 0 bridgehead atoms. The molecule has 1 aromatic carbocycles. The number of aryl methyl sites for hydroxylation is 2. The third-order valence-corrected chi connectivity index (χ3v) is 7.56. The Balaban J connectivity index is 2.41. The van der Waals surface area contributed by atoms with Gasteiger partial charge in [0, 0.05) is 19.0 Å². The van der Waals surface area contributed by atoms with Crippen molar-refractivity contribution in [3.63, 3.8) is 0 Å². The summed E-state index contributed by atoms with van der Waals surface area (Å²) in [5, 5.41) is 4.76. The molecule has 2 aromatic rings. The fourth-order valence-corrected chi connectivity index (χ4v) is 5.62. The largest absolute Gasteiger partial charge is 0.384 e. The summed E-state index contributed by atoms with van der Waals surface area (Å²) in [6.45, 7) is 4.15. The van der Waals surface area contributed by atoms with Crippen LogP contribution in [-0.4, -0.2) is 42.4 Å². The Kier molecular flexibility index (Phi) is 6.98. The number of hydrogen-bond acceptors (Lipinski definition) is 5. The topological polar surface area (TPSA) is 55.2 Å². The highest BCUT2D eigenvalue weighted by Gasteiger charge is 2.22. The van der Waals surface area contributed by atoms with Gasteiger partial charge in [-0.1, -0.05) is 43.0 Å². The second-order valence-corrected chi connectivity index (χ2v) is 9.79. The summed E-state index contributed by atoms with van der Waals surface area (Å²) in [5.74, 6) is -0.0924. The van der Waals surface area contributed by atoms with Crippen molar-refractivity contribution >= 4 is 44.4 Å². The summed E-state index contributed by atoms with van der Waals surface area (Å²) in [4.78, 5) is 2.91. The molecule has 2 rings (SSSR count). The molecule has 0 N–H and O–H groups in total. The predicted molar refractivity (Wildman–Crippen MR) is 112 cm³/mol. The van der Waals surface area contributed by atoms with Gasteiger partial charge < -0.3 is 4.90 Å². The number of nitrogens with zero attached hydrogens (tertiary/aromatic N) is 3. The molecule has 8 heteroatoms. The number of rotatable bonds is 7. The van der Waals surface area contributed by atoms with E-state index in [2.05, 4.69) is 40.7 Å². The van der Waals surface area contributed by atoms with Gasteiger partial charge in [-0.15, -0.1) is 4.09 Å². The van der Waals surface area contributed by atoms with Crippen molar-refractivity contribution < 1.29 is 8.42 Å². The average molecular weight is 491 g/mol. The maximum atomic E-state index is 12.7. The monoisotopic (exact) mass is 491 g/mol. The molecule has 0 saturated carbocycles. The fraction of sp³-hybridized carbons (Fsp3) is 0.353. The number of halogens is 1. The van der Waals surface area contributed by atoms with Crippen LogP contribution in [0.3, 0.4) is 0 Å². The first-order valence-corrected chi connectivity index (χ1v) is 11.3. The minimum atomic E-state index is -3.55.